The monoisotopic (exact) mass is 641 g/mol. The summed E-state index contributed by atoms with van der Waals surface area (Å²) in [7, 11) is 0. The van der Waals surface area contributed by atoms with Crippen LogP contribution in [0.1, 0.15) is 22.5 Å². The number of aromatic hydroxyl groups is 1. The first-order valence-corrected chi connectivity index (χ1v) is 14.8. The Morgan fingerprint density at radius 2 is 1.30 bits per heavy atom. The van der Waals surface area contributed by atoms with Crippen molar-refractivity contribution in [3.63, 3.8) is 0 Å². The number of hydrogen-bond acceptors (Lipinski definition) is 8. The van der Waals surface area contributed by atoms with Crippen molar-refractivity contribution in [3.8, 4) is 5.75 Å². The van der Waals surface area contributed by atoms with Gasteiger partial charge >= 0.3 is 5.97 Å². The molecule has 0 saturated carbocycles. The number of phenolic OH excluding ortho intramolecular Hbond substituents is 1. The standard InChI is InChI=1S/C32H35N9O6/c33-24(10-19-13-36-25-4-2-1-3-23(19)25)29(43)39-26(9-18-5-7-22(42)8-6-18)30(44)40-27(11-20-14-34-16-37-20)31(45)41-28(32(46)47)12-21-15-35-17-38-21/h1-8,13-17,24,26-28,36,42H,9-12,33H2,(H,34,37)(H,35,38)(H,39,43)(H,40,44)(H,41,45)(H,46,47). The van der Waals surface area contributed by atoms with Gasteiger partial charge in [0.15, 0.2) is 0 Å². The molecule has 47 heavy (non-hydrogen) atoms. The second-order valence-corrected chi connectivity index (χ2v) is 11.1. The van der Waals surface area contributed by atoms with E-state index in [4.69, 9.17) is 5.73 Å². The highest BCUT2D eigenvalue weighted by atomic mass is 16.4. The molecule has 0 aliphatic rings. The lowest BCUT2D eigenvalue weighted by Crippen LogP contribution is -2.58. The third kappa shape index (κ3) is 8.61. The third-order valence-corrected chi connectivity index (χ3v) is 7.67. The van der Waals surface area contributed by atoms with Crippen LogP contribution in [0.5, 0.6) is 5.75 Å². The van der Waals surface area contributed by atoms with Crippen molar-refractivity contribution in [2.45, 2.75) is 49.9 Å². The highest BCUT2D eigenvalue weighted by Crippen LogP contribution is 2.19. The Balaban J connectivity index is 1.34. The molecule has 0 bridgehead atoms. The number of carboxylic acids is 1. The van der Waals surface area contributed by atoms with Crippen molar-refractivity contribution in [1.82, 2.24) is 40.9 Å². The molecule has 15 heteroatoms. The molecule has 0 fully saturated rings. The summed E-state index contributed by atoms with van der Waals surface area (Å²) in [6.07, 6.45) is 7.60. The Kier molecular flexibility index (Phi) is 10.3. The highest BCUT2D eigenvalue weighted by molar-refractivity contribution is 5.94. The minimum absolute atomic E-state index is 0.00757. The smallest absolute Gasteiger partial charge is 0.326 e. The van der Waals surface area contributed by atoms with E-state index in [-0.39, 0.29) is 31.4 Å². The molecule has 0 saturated heterocycles. The number of hydrogen-bond donors (Lipinski definition) is 9. The molecule has 0 radical (unpaired) electrons. The number of carbonyl (C=O) groups is 4. The molecule has 244 valence electrons. The van der Waals surface area contributed by atoms with Crippen molar-refractivity contribution in [3.05, 3.63) is 102 Å². The number of rotatable bonds is 15. The first kappa shape index (κ1) is 32.4. The zero-order valence-electron chi connectivity index (χ0n) is 25.1. The summed E-state index contributed by atoms with van der Waals surface area (Å²) in [6.45, 7) is 0. The molecular weight excluding hydrogens is 606 g/mol. The molecule has 4 unspecified atom stereocenters. The molecule has 10 N–H and O–H groups in total. The number of amides is 3. The summed E-state index contributed by atoms with van der Waals surface area (Å²) in [5, 5.41) is 28.4. The van der Waals surface area contributed by atoms with Crippen molar-refractivity contribution >= 4 is 34.6 Å². The van der Waals surface area contributed by atoms with Gasteiger partial charge in [0, 0.05) is 60.1 Å². The molecule has 5 rings (SSSR count). The maximum atomic E-state index is 13.8. The summed E-state index contributed by atoms with van der Waals surface area (Å²) in [5.74, 6) is -3.30. The fourth-order valence-electron chi connectivity index (χ4n) is 5.17. The SMILES string of the molecule is NC(Cc1c[nH]c2ccccc12)C(=O)NC(Cc1ccc(O)cc1)C(=O)NC(Cc1cnc[nH]1)C(=O)NC(Cc1cnc[nH]1)C(=O)O. The number of H-pyrrole nitrogens is 3. The summed E-state index contributed by atoms with van der Waals surface area (Å²) in [6, 6.07) is 8.97. The van der Waals surface area contributed by atoms with Crippen LogP contribution in [-0.4, -0.2) is 83.0 Å². The number of aliphatic carboxylic acids is 1. The van der Waals surface area contributed by atoms with Gasteiger partial charge in [-0.3, -0.25) is 14.4 Å². The molecule has 0 aliphatic carbocycles. The van der Waals surface area contributed by atoms with E-state index in [1.54, 1.807) is 18.3 Å². The lowest BCUT2D eigenvalue weighted by atomic mass is 10.0. The molecule has 3 heterocycles. The van der Waals surface area contributed by atoms with Crippen LogP contribution < -0.4 is 21.7 Å². The van der Waals surface area contributed by atoms with E-state index < -0.39 is 47.9 Å². The topological polar surface area (TPSA) is 244 Å². The lowest BCUT2D eigenvalue weighted by Gasteiger charge is -2.25. The van der Waals surface area contributed by atoms with Crippen molar-refractivity contribution in [1.29, 1.82) is 0 Å². The number of para-hydroxylation sites is 1. The van der Waals surface area contributed by atoms with E-state index >= 15 is 0 Å². The molecule has 0 aliphatic heterocycles. The molecule has 5 aromatic rings. The van der Waals surface area contributed by atoms with Crippen molar-refractivity contribution in [2.24, 2.45) is 5.73 Å². The quantitative estimate of drug-likeness (QED) is 0.0769. The Hall–Kier alpha value is -5.96. The van der Waals surface area contributed by atoms with E-state index in [0.717, 1.165) is 16.5 Å². The van der Waals surface area contributed by atoms with E-state index in [1.807, 2.05) is 24.3 Å². The minimum atomic E-state index is -1.32. The van der Waals surface area contributed by atoms with Crippen LogP contribution in [0.25, 0.3) is 10.9 Å². The number of nitrogens with one attached hydrogen (secondary N) is 6. The van der Waals surface area contributed by atoms with Crippen molar-refractivity contribution in [2.75, 3.05) is 0 Å². The summed E-state index contributed by atoms with van der Waals surface area (Å²) < 4.78 is 0. The van der Waals surface area contributed by atoms with Crippen LogP contribution >= 0.6 is 0 Å². The number of carboxylic acid groups (broad SMARTS) is 1. The molecule has 4 atom stereocenters. The minimum Gasteiger partial charge on any atom is -0.508 e. The summed E-state index contributed by atoms with van der Waals surface area (Å²) in [5.41, 5.74) is 9.66. The first-order chi connectivity index (χ1) is 22.7. The van der Waals surface area contributed by atoms with Gasteiger partial charge in [0.25, 0.3) is 0 Å². The van der Waals surface area contributed by atoms with E-state index in [1.165, 1.54) is 37.2 Å². The predicted octanol–water partition coefficient (Wildman–Crippen LogP) is 0.457. The Labute approximate surface area is 268 Å². The number of nitrogens with zero attached hydrogens (tertiary/aromatic N) is 2. The van der Waals surface area contributed by atoms with Crippen LogP contribution in [0.2, 0.25) is 0 Å². The number of phenols is 1. The Bertz CT molecular complexity index is 1800. The van der Waals surface area contributed by atoms with Crippen LogP contribution in [0, 0.1) is 0 Å². The average Bonchev–Trinajstić information content (AvgIpc) is 3.84. The fraction of sp³-hybridized carbons (Fsp3) is 0.250. The van der Waals surface area contributed by atoms with Gasteiger partial charge in [-0.1, -0.05) is 30.3 Å². The third-order valence-electron chi connectivity index (χ3n) is 7.67. The number of aromatic amines is 3. The van der Waals surface area contributed by atoms with Gasteiger partial charge < -0.3 is 46.8 Å². The average molecular weight is 642 g/mol. The zero-order chi connectivity index (χ0) is 33.3. The number of benzene rings is 2. The molecule has 3 aromatic heterocycles. The molecule has 0 spiro atoms. The molecular formula is C32H35N9O6. The summed E-state index contributed by atoms with van der Waals surface area (Å²) >= 11 is 0. The summed E-state index contributed by atoms with van der Waals surface area (Å²) in [4.78, 5) is 69.4. The first-order valence-electron chi connectivity index (χ1n) is 14.8. The second-order valence-electron chi connectivity index (χ2n) is 11.1. The van der Waals surface area contributed by atoms with E-state index in [0.29, 0.717) is 17.0 Å². The number of aromatic nitrogens is 5. The van der Waals surface area contributed by atoms with Crippen LogP contribution in [0.4, 0.5) is 0 Å². The van der Waals surface area contributed by atoms with Gasteiger partial charge in [0.1, 0.15) is 23.9 Å². The normalized spacial score (nSPS) is 13.7. The van der Waals surface area contributed by atoms with Gasteiger partial charge in [0.05, 0.1) is 18.7 Å². The van der Waals surface area contributed by atoms with Crippen LogP contribution in [0.15, 0.2) is 79.8 Å². The number of imidazole rings is 2. The zero-order valence-corrected chi connectivity index (χ0v) is 25.1. The lowest BCUT2D eigenvalue weighted by molar-refractivity contribution is -0.142. The van der Waals surface area contributed by atoms with Gasteiger partial charge in [0.2, 0.25) is 17.7 Å². The van der Waals surface area contributed by atoms with Gasteiger partial charge in [-0.05, 0) is 35.7 Å². The van der Waals surface area contributed by atoms with Gasteiger partial charge in [-0.15, -0.1) is 0 Å². The predicted molar refractivity (Wildman–Crippen MR) is 170 cm³/mol. The van der Waals surface area contributed by atoms with Crippen molar-refractivity contribution < 1.29 is 29.4 Å². The number of nitrogens with two attached hydrogens (primary N) is 1. The Morgan fingerprint density at radius 3 is 1.91 bits per heavy atom. The number of carbonyl (C=O) groups excluding carboxylic acids is 3. The fourth-order valence-corrected chi connectivity index (χ4v) is 5.17. The van der Waals surface area contributed by atoms with E-state index in [9.17, 15) is 29.4 Å². The number of fused-ring (bicyclic) bond motifs is 1. The van der Waals surface area contributed by atoms with E-state index in [2.05, 4.69) is 40.9 Å². The van der Waals surface area contributed by atoms with Gasteiger partial charge in [-0.25, -0.2) is 14.8 Å². The molecule has 2 aromatic carbocycles. The Morgan fingerprint density at radius 1 is 0.723 bits per heavy atom. The van der Waals surface area contributed by atoms with Crippen LogP contribution in [0.3, 0.4) is 0 Å². The molecule has 15 nitrogen and oxygen atoms in total. The maximum absolute atomic E-state index is 13.8. The largest absolute Gasteiger partial charge is 0.508 e. The molecule has 3 amide bonds. The van der Waals surface area contributed by atoms with Gasteiger partial charge in [-0.2, -0.15) is 0 Å². The second kappa shape index (κ2) is 14.9. The maximum Gasteiger partial charge on any atom is 0.326 e. The van der Waals surface area contributed by atoms with Crippen LogP contribution in [-0.2, 0) is 44.9 Å². The highest BCUT2D eigenvalue weighted by Gasteiger charge is 2.31.